The maximum atomic E-state index is 15.1. The van der Waals surface area contributed by atoms with Crippen LogP contribution in [-0.2, 0) is 4.79 Å². The highest BCUT2D eigenvalue weighted by atomic mass is 32.2. The van der Waals surface area contributed by atoms with E-state index in [1.54, 1.807) is 35.0 Å². The third-order valence-corrected chi connectivity index (χ3v) is 6.21. The van der Waals surface area contributed by atoms with Crippen LogP contribution in [0.15, 0.2) is 41.4 Å². The zero-order valence-electron chi connectivity index (χ0n) is 16.7. The van der Waals surface area contributed by atoms with Crippen LogP contribution in [0.4, 0.5) is 14.9 Å². The van der Waals surface area contributed by atoms with E-state index in [1.807, 2.05) is 6.07 Å². The molecule has 4 heterocycles. The van der Waals surface area contributed by atoms with E-state index in [1.165, 1.54) is 6.08 Å². The minimum atomic E-state index is -0.451. The number of nitrogens with one attached hydrogen (secondary N) is 1. The van der Waals surface area contributed by atoms with Crippen molar-refractivity contribution >= 4 is 40.3 Å². The number of carbonyl (C=O) groups excluding carboxylic acids is 2. The van der Waals surface area contributed by atoms with Gasteiger partial charge in [-0.05, 0) is 55.2 Å². The maximum Gasteiger partial charge on any atom is 0.290 e. The highest BCUT2D eigenvalue weighted by Gasteiger charge is 2.25. The second-order valence-corrected chi connectivity index (χ2v) is 8.49. The Morgan fingerprint density at radius 1 is 1.13 bits per heavy atom. The topological polar surface area (TPSA) is 82.8 Å². The van der Waals surface area contributed by atoms with Crippen LogP contribution >= 0.6 is 11.8 Å². The molecule has 158 valence electrons. The number of aromatic nitrogens is 3. The number of benzene rings is 1. The number of amides is 2. The van der Waals surface area contributed by atoms with Crippen LogP contribution in [0.3, 0.4) is 0 Å². The average molecular weight is 438 g/mol. The van der Waals surface area contributed by atoms with Gasteiger partial charge in [-0.25, -0.2) is 13.9 Å². The van der Waals surface area contributed by atoms with Crippen LogP contribution in [0.5, 0.6) is 0 Å². The third-order valence-electron chi connectivity index (χ3n) is 5.40. The molecule has 0 saturated carbocycles. The number of hydrogen-bond acceptors (Lipinski definition) is 7. The summed E-state index contributed by atoms with van der Waals surface area (Å²) in [6.07, 6.45) is 3.11. The standard InChI is InChI=1S/C21H19FN6O2S/c1-26-6-8-27(9-7-26)14-3-4-15(16(22)11-14)17-12-23-19-5-2-13(25-28(17)19)10-18-20(29)24-21(30)31-18/h2-5,10-12H,6-9H2,1H3,(H,24,29,30)/b18-10-. The van der Waals surface area contributed by atoms with E-state index in [-0.39, 0.29) is 10.7 Å². The largest absolute Gasteiger partial charge is 0.369 e. The number of rotatable bonds is 3. The number of halogens is 1. The summed E-state index contributed by atoms with van der Waals surface area (Å²) < 4.78 is 16.6. The molecule has 0 unspecified atom stereocenters. The van der Waals surface area contributed by atoms with Gasteiger partial charge >= 0.3 is 0 Å². The van der Waals surface area contributed by atoms with Crippen LogP contribution in [-0.4, -0.2) is 63.9 Å². The summed E-state index contributed by atoms with van der Waals surface area (Å²) in [4.78, 5) is 32.2. The van der Waals surface area contributed by atoms with Crippen LogP contribution in [0.1, 0.15) is 5.69 Å². The Bertz CT molecular complexity index is 1230. The Morgan fingerprint density at radius 3 is 2.65 bits per heavy atom. The number of likely N-dealkylation sites (N-methyl/N-ethyl adjacent to an activating group) is 1. The van der Waals surface area contributed by atoms with Gasteiger partial charge in [0.25, 0.3) is 11.1 Å². The second-order valence-electron chi connectivity index (χ2n) is 7.48. The maximum absolute atomic E-state index is 15.1. The van der Waals surface area contributed by atoms with E-state index in [9.17, 15) is 9.59 Å². The van der Waals surface area contributed by atoms with Crippen molar-refractivity contribution in [1.29, 1.82) is 0 Å². The molecule has 0 atom stereocenters. The van der Waals surface area contributed by atoms with E-state index < -0.39 is 11.1 Å². The molecule has 2 aliphatic rings. The molecule has 2 aliphatic heterocycles. The lowest BCUT2D eigenvalue weighted by molar-refractivity contribution is -0.115. The number of nitrogens with zero attached hydrogens (tertiary/aromatic N) is 5. The molecular formula is C21H19FN6O2S. The summed E-state index contributed by atoms with van der Waals surface area (Å²) >= 11 is 0.823. The Hall–Kier alpha value is -3.24. The molecule has 0 bridgehead atoms. The monoisotopic (exact) mass is 438 g/mol. The Morgan fingerprint density at radius 2 is 1.94 bits per heavy atom. The highest BCUT2D eigenvalue weighted by molar-refractivity contribution is 8.18. The van der Waals surface area contributed by atoms with Crippen LogP contribution in [0, 0.1) is 5.82 Å². The van der Waals surface area contributed by atoms with E-state index in [4.69, 9.17) is 0 Å². The number of carbonyl (C=O) groups is 2. The first-order valence-electron chi connectivity index (χ1n) is 9.81. The SMILES string of the molecule is CN1CCN(c2ccc(-c3cnc4ccc(/C=C5\SC(=O)NC5=O)nn34)c(F)c2)CC1. The van der Waals surface area contributed by atoms with Crippen molar-refractivity contribution in [2.45, 2.75) is 0 Å². The third kappa shape index (κ3) is 3.79. The molecule has 2 aromatic heterocycles. The Kier molecular flexibility index (Phi) is 4.95. The average Bonchev–Trinajstić information content (AvgIpc) is 3.30. The van der Waals surface area contributed by atoms with Crippen molar-refractivity contribution in [2.75, 3.05) is 38.1 Å². The minimum absolute atomic E-state index is 0.265. The van der Waals surface area contributed by atoms with Crippen LogP contribution in [0.2, 0.25) is 0 Å². The predicted octanol–water partition coefficient (Wildman–Crippen LogP) is 2.61. The second kappa shape index (κ2) is 7.78. The van der Waals surface area contributed by atoms with Crippen molar-refractivity contribution < 1.29 is 14.0 Å². The summed E-state index contributed by atoms with van der Waals surface area (Å²) in [6.45, 7) is 3.61. The van der Waals surface area contributed by atoms with Gasteiger partial charge in [0.05, 0.1) is 22.5 Å². The molecule has 1 aromatic carbocycles. The van der Waals surface area contributed by atoms with E-state index >= 15 is 4.39 Å². The first-order valence-corrected chi connectivity index (χ1v) is 10.6. The minimum Gasteiger partial charge on any atom is -0.369 e. The number of imide groups is 1. The van der Waals surface area contributed by atoms with Crippen molar-refractivity contribution in [3.8, 4) is 11.3 Å². The van der Waals surface area contributed by atoms with Gasteiger partial charge in [-0.1, -0.05) is 0 Å². The zero-order chi connectivity index (χ0) is 21.5. The molecule has 31 heavy (non-hydrogen) atoms. The van der Waals surface area contributed by atoms with Crippen LogP contribution < -0.4 is 10.2 Å². The lowest BCUT2D eigenvalue weighted by Crippen LogP contribution is -2.44. The molecule has 2 saturated heterocycles. The van der Waals surface area contributed by atoms with Crippen molar-refractivity contribution in [3.05, 3.63) is 52.9 Å². The molecule has 0 aliphatic carbocycles. The Labute approximate surface area is 181 Å². The summed E-state index contributed by atoms with van der Waals surface area (Å²) in [5.74, 6) is -0.798. The number of hydrogen-bond donors (Lipinski definition) is 1. The van der Waals surface area contributed by atoms with Gasteiger partial charge in [0.1, 0.15) is 5.82 Å². The zero-order valence-corrected chi connectivity index (χ0v) is 17.5. The summed E-state index contributed by atoms with van der Waals surface area (Å²) in [5, 5.41) is 6.29. The molecule has 10 heteroatoms. The molecule has 2 amide bonds. The van der Waals surface area contributed by atoms with Gasteiger partial charge in [0, 0.05) is 37.4 Å². The fourth-order valence-corrected chi connectivity index (χ4v) is 4.34. The van der Waals surface area contributed by atoms with Crippen molar-refractivity contribution in [1.82, 2.24) is 24.8 Å². The predicted molar refractivity (Wildman–Crippen MR) is 117 cm³/mol. The molecule has 0 radical (unpaired) electrons. The van der Waals surface area contributed by atoms with E-state index in [0.717, 1.165) is 43.6 Å². The van der Waals surface area contributed by atoms with E-state index in [2.05, 4.69) is 32.2 Å². The molecule has 0 spiro atoms. The number of anilines is 1. The fourth-order valence-electron chi connectivity index (χ4n) is 3.68. The first kappa shape index (κ1) is 19.7. The lowest BCUT2D eigenvalue weighted by atomic mass is 10.1. The summed E-state index contributed by atoms with van der Waals surface area (Å²) in [6, 6.07) is 8.65. The molecule has 2 fully saturated rings. The number of fused-ring (bicyclic) bond motifs is 1. The molecular weight excluding hydrogens is 419 g/mol. The highest BCUT2D eigenvalue weighted by Crippen LogP contribution is 2.29. The van der Waals surface area contributed by atoms with Gasteiger partial charge in [0.2, 0.25) is 0 Å². The molecule has 5 rings (SSSR count). The van der Waals surface area contributed by atoms with E-state index in [0.29, 0.717) is 22.6 Å². The van der Waals surface area contributed by atoms with Gasteiger partial charge in [0.15, 0.2) is 5.65 Å². The van der Waals surface area contributed by atoms with Crippen molar-refractivity contribution in [2.24, 2.45) is 0 Å². The smallest absolute Gasteiger partial charge is 0.290 e. The van der Waals surface area contributed by atoms with Gasteiger partial charge in [-0.3, -0.25) is 14.9 Å². The molecule has 1 N–H and O–H groups in total. The lowest BCUT2D eigenvalue weighted by Gasteiger charge is -2.34. The molecule has 8 nitrogen and oxygen atoms in total. The summed E-state index contributed by atoms with van der Waals surface area (Å²) in [5.41, 5.74) is 2.78. The molecule has 3 aromatic rings. The quantitative estimate of drug-likeness (QED) is 0.630. The van der Waals surface area contributed by atoms with Crippen molar-refractivity contribution in [3.63, 3.8) is 0 Å². The number of imidazole rings is 1. The number of thioether (sulfide) groups is 1. The first-order chi connectivity index (χ1) is 15.0. The number of piperazine rings is 1. The van der Waals surface area contributed by atoms with Gasteiger partial charge in [-0.15, -0.1) is 0 Å². The summed E-state index contributed by atoms with van der Waals surface area (Å²) in [7, 11) is 2.08. The van der Waals surface area contributed by atoms with Crippen LogP contribution in [0.25, 0.3) is 23.0 Å². The van der Waals surface area contributed by atoms with Gasteiger partial charge in [-0.2, -0.15) is 5.10 Å². The Balaban J connectivity index is 1.48. The normalized spacial score (nSPS) is 18.9. The fraction of sp³-hybridized carbons (Fsp3) is 0.238. The van der Waals surface area contributed by atoms with Gasteiger partial charge < -0.3 is 9.80 Å².